The average Bonchev–Trinajstić information content (AvgIpc) is 3.36. The lowest BCUT2D eigenvalue weighted by molar-refractivity contribution is 0.147. The lowest BCUT2D eigenvalue weighted by Gasteiger charge is -2.39. The summed E-state index contributed by atoms with van der Waals surface area (Å²) in [7, 11) is 0. The maximum Gasteiger partial charge on any atom is 0.158 e. The zero-order valence-corrected chi connectivity index (χ0v) is 20.3. The van der Waals surface area contributed by atoms with Gasteiger partial charge in [-0.05, 0) is 56.0 Å². The van der Waals surface area contributed by atoms with Crippen LogP contribution in [0.4, 0.5) is 0 Å². The number of aromatic amines is 1. The average molecular weight is 467 g/mol. The number of nitrogens with one attached hydrogen (secondary N) is 1. The minimum Gasteiger partial charge on any atom is -0.353 e. The van der Waals surface area contributed by atoms with Crippen LogP contribution in [0.1, 0.15) is 54.5 Å². The molecule has 0 amide bonds. The number of hydrogen-bond acceptors (Lipinski definition) is 5. The van der Waals surface area contributed by atoms with Gasteiger partial charge in [0, 0.05) is 42.0 Å². The standard InChI is InChI=1S/C24H30N6O2S/c1-14(2)21-22(18-12-30-24(25-13-26-30)16(4)15(18)3)28-20-7-6-19(27-23(20)21)17-10-29(11-17)8-5-9-33(31)32/h6-7,12-14,17,28H,5,8-11H2,1-4H3,(H,31,32). The molecular formula is C24H30N6O2S. The largest absolute Gasteiger partial charge is 0.353 e. The molecule has 0 aromatic carbocycles. The molecule has 8 nitrogen and oxygen atoms in total. The topological polar surface area (TPSA) is 99.4 Å². The van der Waals surface area contributed by atoms with Crippen LogP contribution in [0.15, 0.2) is 24.7 Å². The maximum atomic E-state index is 10.9. The molecule has 5 rings (SSSR count). The first-order valence-electron chi connectivity index (χ1n) is 11.5. The van der Waals surface area contributed by atoms with E-state index in [0.717, 1.165) is 65.3 Å². The molecule has 0 spiro atoms. The van der Waals surface area contributed by atoms with Crippen molar-refractivity contribution in [3.05, 3.63) is 47.0 Å². The van der Waals surface area contributed by atoms with E-state index in [4.69, 9.17) is 9.54 Å². The van der Waals surface area contributed by atoms with Gasteiger partial charge >= 0.3 is 0 Å². The van der Waals surface area contributed by atoms with Crippen LogP contribution in [0.25, 0.3) is 27.9 Å². The van der Waals surface area contributed by atoms with E-state index in [0.29, 0.717) is 17.6 Å². The summed E-state index contributed by atoms with van der Waals surface area (Å²) in [6.07, 6.45) is 4.40. The minimum atomic E-state index is -1.70. The fourth-order valence-corrected chi connectivity index (χ4v) is 5.28. The van der Waals surface area contributed by atoms with Crippen molar-refractivity contribution in [3.8, 4) is 11.3 Å². The molecule has 0 saturated carbocycles. The number of hydrogen-bond donors (Lipinski definition) is 2. The summed E-state index contributed by atoms with van der Waals surface area (Å²) >= 11 is -1.70. The van der Waals surface area contributed by atoms with Crippen LogP contribution >= 0.6 is 0 Å². The molecule has 4 aromatic rings. The number of aryl methyl sites for hydroxylation is 1. The predicted molar refractivity (Wildman–Crippen MR) is 131 cm³/mol. The van der Waals surface area contributed by atoms with Gasteiger partial charge in [-0.1, -0.05) is 13.8 Å². The molecule has 9 heteroatoms. The molecule has 1 saturated heterocycles. The molecule has 1 unspecified atom stereocenters. The third kappa shape index (κ3) is 3.98. The first-order chi connectivity index (χ1) is 15.8. The van der Waals surface area contributed by atoms with Crippen LogP contribution in [0, 0.1) is 13.8 Å². The molecule has 2 N–H and O–H groups in total. The number of likely N-dealkylation sites (tertiary alicyclic amines) is 1. The number of aromatic nitrogens is 5. The van der Waals surface area contributed by atoms with Crippen molar-refractivity contribution < 1.29 is 8.76 Å². The van der Waals surface area contributed by atoms with Gasteiger partial charge in [-0.25, -0.2) is 13.7 Å². The molecule has 0 aliphatic carbocycles. The first kappa shape index (κ1) is 22.2. The molecule has 5 heterocycles. The van der Waals surface area contributed by atoms with Crippen molar-refractivity contribution in [2.45, 2.75) is 46.0 Å². The highest BCUT2D eigenvalue weighted by molar-refractivity contribution is 7.79. The number of fused-ring (bicyclic) bond motifs is 2. The van der Waals surface area contributed by atoms with E-state index in [1.54, 1.807) is 6.33 Å². The molecule has 0 radical (unpaired) electrons. The summed E-state index contributed by atoms with van der Waals surface area (Å²) in [4.78, 5) is 15.5. The molecule has 1 fully saturated rings. The van der Waals surface area contributed by atoms with Gasteiger partial charge in [0.25, 0.3) is 0 Å². The van der Waals surface area contributed by atoms with Crippen molar-refractivity contribution in [3.63, 3.8) is 0 Å². The Morgan fingerprint density at radius 3 is 2.76 bits per heavy atom. The van der Waals surface area contributed by atoms with E-state index in [9.17, 15) is 4.21 Å². The SMILES string of the molecule is Cc1c(-c2[nH]c3ccc(C4CN(CCCS(=O)O)C4)nc3c2C(C)C)cn2ncnc2c1C. The van der Waals surface area contributed by atoms with Gasteiger partial charge in [-0.15, -0.1) is 0 Å². The lowest BCUT2D eigenvalue weighted by atomic mass is 9.93. The summed E-state index contributed by atoms with van der Waals surface area (Å²) in [6.45, 7) is 11.4. The normalized spacial score (nSPS) is 16.2. The summed E-state index contributed by atoms with van der Waals surface area (Å²) in [5.74, 6) is 1.05. The molecule has 1 aliphatic rings. The number of H-pyrrole nitrogens is 1. The third-order valence-corrected chi connectivity index (χ3v) is 7.48. The first-order valence-corrected chi connectivity index (χ1v) is 12.7. The Balaban J connectivity index is 1.48. The van der Waals surface area contributed by atoms with E-state index < -0.39 is 11.1 Å². The van der Waals surface area contributed by atoms with Gasteiger partial charge < -0.3 is 14.4 Å². The smallest absolute Gasteiger partial charge is 0.158 e. The second-order valence-electron chi connectivity index (χ2n) is 9.36. The van der Waals surface area contributed by atoms with Gasteiger partial charge in [-0.3, -0.25) is 4.98 Å². The summed E-state index contributed by atoms with van der Waals surface area (Å²) in [5.41, 5.74) is 9.90. The second kappa shape index (κ2) is 8.62. The number of rotatable bonds is 7. The Bertz CT molecular complexity index is 1350. The van der Waals surface area contributed by atoms with E-state index in [-0.39, 0.29) is 0 Å². The van der Waals surface area contributed by atoms with E-state index in [1.807, 2.05) is 4.52 Å². The van der Waals surface area contributed by atoms with Gasteiger partial charge in [0.2, 0.25) is 0 Å². The van der Waals surface area contributed by atoms with Gasteiger partial charge in [0.15, 0.2) is 16.7 Å². The van der Waals surface area contributed by atoms with Crippen LogP contribution in [0.2, 0.25) is 0 Å². The Morgan fingerprint density at radius 2 is 2.03 bits per heavy atom. The van der Waals surface area contributed by atoms with Crippen molar-refractivity contribution in [1.29, 1.82) is 0 Å². The Labute approximate surface area is 195 Å². The number of pyridine rings is 2. The fourth-order valence-electron chi connectivity index (χ4n) is 4.91. The monoisotopic (exact) mass is 466 g/mol. The van der Waals surface area contributed by atoms with Crippen molar-refractivity contribution in [2.75, 3.05) is 25.4 Å². The second-order valence-corrected chi connectivity index (χ2v) is 10.4. The van der Waals surface area contributed by atoms with Crippen molar-refractivity contribution in [1.82, 2.24) is 29.5 Å². The predicted octanol–water partition coefficient (Wildman–Crippen LogP) is 4.02. The molecule has 1 aliphatic heterocycles. The molecule has 0 bridgehead atoms. The molecule has 1 atom stereocenters. The van der Waals surface area contributed by atoms with Gasteiger partial charge in [0.05, 0.1) is 22.5 Å². The maximum absolute atomic E-state index is 10.9. The highest BCUT2D eigenvalue weighted by atomic mass is 32.2. The van der Waals surface area contributed by atoms with Crippen LogP contribution in [-0.4, -0.2) is 63.6 Å². The van der Waals surface area contributed by atoms with Crippen LogP contribution in [-0.2, 0) is 11.1 Å². The van der Waals surface area contributed by atoms with Crippen molar-refractivity contribution >= 4 is 27.8 Å². The zero-order valence-electron chi connectivity index (χ0n) is 19.5. The quantitative estimate of drug-likeness (QED) is 0.399. The zero-order chi connectivity index (χ0) is 23.3. The summed E-state index contributed by atoms with van der Waals surface area (Å²) < 4.78 is 21.6. The highest BCUT2D eigenvalue weighted by Gasteiger charge is 2.29. The Hall–Kier alpha value is -2.62. The van der Waals surface area contributed by atoms with Crippen LogP contribution < -0.4 is 0 Å². The summed E-state index contributed by atoms with van der Waals surface area (Å²) in [6, 6.07) is 4.29. The van der Waals surface area contributed by atoms with Crippen LogP contribution in [0.3, 0.4) is 0 Å². The molecule has 174 valence electrons. The summed E-state index contributed by atoms with van der Waals surface area (Å²) in [5, 5.41) is 4.37. The Kier molecular flexibility index (Phi) is 5.80. The van der Waals surface area contributed by atoms with Crippen molar-refractivity contribution in [2.24, 2.45) is 0 Å². The van der Waals surface area contributed by atoms with Crippen LogP contribution in [0.5, 0.6) is 0 Å². The van der Waals surface area contributed by atoms with E-state index >= 15 is 0 Å². The van der Waals surface area contributed by atoms with E-state index in [2.05, 4.69) is 66.0 Å². The fraction of sp³-hybridized carbons (Fsp3) is 0.458. The van der Waals surface area contributed by atoms with Gasteiger partial charge in [-0.2, -0.15) is 5.10 Å². The molecule has 4 aromatic heterocycles. The highest BCUT2D eigenvalue weighted by Crippen LogP contribution is 2.38. The molecular weight excluding hydrogens is 436 g/mol. The van der Waals surface area contributed by atoms with E-state index in [1.165, 1.54) is 11.1 Å². The number of nitrogens with zero attached hydrogens (tertiary/aromatic N) is 5. The van der Waals surface area contributed by atoms with Gasteiger partial charge in [0.1, 0.15) is 6.33 Å². The minimum absolute atomic E-state index is 0.305. The lowest BCUT2D eigenvalue weighted by Crippen LogP contribution is -2.45. The third-order valence-electron chi connectivity index (χ3n) is 6.84. The molecule has 33 heavy (non-hydrogen) atoms. The Morgan fingerprint density at radius 1 is 1.24 bits per heavy atom.